The number of nitrogens with zero attached hydrogens (tertiary/aromatic N) is 1. The van der Waals surface area contributed by atoms with Gasteiger partial charge in [0.05, 0.1) is 13.4 Å². The molecule has 23 heavy (non-hydrogen) atoms. The van der Waals surface area contributed by atoms with E-state index in [0.29, 0.717) is 11.5 Å². The lowest BCUT2D eigenvalue weighted by molar-refractivity contribution is -0.147. The fourth-order valence-electron chi connectivity index (χ4n) is 2.73. The Morgan fingerprint density at radius 2 is 2.00 bits per heavy atom. The van der Waals surface area contributed by atoms with Crippen molar-refractivity contribution in [1.82, 2.24) is 0 Å². The molecule has 1 aliphatic heterocycles. The van der Waals surface area contributed by atoms with E-state index in [1.165, 1.54) is 6.92 Å². The molecule has 6 nitrogen and oxygen atoms in total. The minimum absolute atomic E-state index is 0.0478. The Morgan fingerprint density at radius 1 is 1.26 bits per heavy atom. The van der Waals surface area contributed by atoms with Crippen LogP contribution in [0.1, 0.15) is 18.7 Å². The predicted octanol–water partition coefficient (Wildman–Crippen LogP) is 2.56. The van der Waals surface area contributed by atoms with Crippen LogP contribution in [0.4, 0.5) is 5.69 Å². The van der Waals surface area contributed by atoms with Crippen LogP contribution in [0.3, 0.4) is 0 Å². The largest absolute Gasteiger partial charge is 0.497 e. The fourth-order valence-corrected chi connectivity index (χ4v) is 2.73. The molecule has 0 N–H and O–H groups in total. The average Bonchev–Trinajstić information content (AvgIpc) is 3.06. The molecule has 0 radical (unpaired) electrons. The van der Waals surface area contributed by atoms with Gasteiger partial charge in [0.1, 0.15) is 30.1 Å². The summed E-state index contributed by atoms with van der Waals surface area (Å²) < 4.78 is 15.6. The Labute approximate surface area is 133 Å². The van der Waals surface area contributed by atoms with E-state index in [1.54, 1.807) is 36.5 Å². The second kappa shape index (κ2) is 6.16. The minimum atomic E-state index is -0.438. The number of benzene rings is 1. The molecule has 0 unspecified atom stereocenters. The second-order valence-corrected chi connectivity index (χ2v) is 5.28. The molecule has 0 spiro atoms. The number of ether oxygens (including phenoxy) is 2. The van der Waals surface area contributed by atoms with E-state index in [2.05, 4.69) is 0 Å². The quantitative estimate of drug-likeness (QED) is 0.626. The summed E-state index contributed by atoms with van der Waals surface area (Å²) in [4.78, 5) is 25.2. The predicted molar refractivity (Wildman–Crippen MR) is 82.1 cm³/mol. The monoisotopic (exact) mass is 315 g/mol. The Hall–Kier alpha value is -2.76. The van der Waals surface area contributed by atoms with Crippen molar-refractivity contribution in [1.29, 1.82) is 0 Å². The Bertz CT molecular complexity index is 692. The van der Waals surface area contributed by atoms with E-state index in [9.17, 15) is 9.59 Å². The van der Waals surface area contributed by atoms with Crippen LogP contribution in [0.5, 0.6) is 5.75 Å². The molecule has 0 saturated carbocycles. The number of carbonyl (C=O) groups excluding carboxylic acids is 2. The van der Waals surface area contributed by atoms with Crippen molar-refractivity contribution in [3.05, 3.63) is 48.4 Å². The molecule has 1 aromatic heterocycles. The van der Waals surface area contributed by atoms with Crippen molar-refractivity contribution in [2.75, 3.05) is 18.6 Å². The number of amides is 1. The highest BCUT2D eigenvalue weighted by Gasteiger charge is 2.50. The van der Waals surface area contributed by atoms with Crippen LogP contribution < -0.4 is 9.64 Å². The number of β-lactam (4-membered cyclic amide) rings is 1. The zero-order valence-electron chi connectivity index (χ0n) is 12.9. The van der Waals surface area contributed by atoms with E-state index >= 15 is 0 Å². The molecule has 2 atom stereocenters. The van der Waals surface area contributed by atoms with E-state index in [4.69, 9.17) is 13.9 Å². The molecule has 2 aromatic rings. The third kappa shape index (κ3) is 2.79. The lowest BCUT2D eigenvalue weighted by atomic mass is 9.85. The lowest BCUT2D eigenvalue weighted by Gasteiger charge is -2.45. The first-order valence-corrected chi connectivity index (χ1v) is 7.25. The average molecular weight is 315 g/mol. The molecule has 1 amide bonds. The second-order valence-electron chi connectivity index (χ2n) is 5.28. The summed E-state index contributed by atoms with van der Waals surface area (Å²) in [7, 11) is 1.59. The van der Waals surface area contributed by atoms with Crippen LogP contribution in [0.2, 0.25) is 0 Å². The Morgan fingerprint density at radius 3 is 2.57 bits per heavy atom. The van der Waals surface area contributed by atoms with Crippen LogP contribution in [-0.4, -0.2) is 25.6 Å². The van der Waals surface area contributed by atoms with Gasteiger partial charge in [0.15, 0.2) is 0 Å². The first-order chi connectivity index (χ1) is 11.1. The van der Waals surface area contributed by atoms with Gasteiger partial charge in [0, 0.05) is 12.6 Å². The highest BCUT2D eigenvalue weighted by molar-refractivity contribution is 6.03. The third-order valence-corrected chi connectivity index (χ3v) is 3.87. The maximum absolute atomic E-state index is 12.5. The summed E-state index contributed by atoms with van der Waals surface area (Å²) in [6.07, 6.45) is 1.56. The summed E-state index contributed by atoms with van der Waals surface area (Å²) in [6.45, 7) is 1.37. The van der Waals surface area contributed by atoms with Gasteiger partial charge in [-0.05, 0) is 36.4 Å². The van der Waals surface area contributed by atoms with Crippen LogP contribution in [0.25, 0.3) is 0 Å². The van der Waals surface area contributed by atoms with Crippen molar-refractivity contribution in [2.24, 2.45) is 5.92 Å². The number of hydrogen-bond donors (Lipinski definition) is 0. The van der Waals surface area contributed by atoms with Crippen molar-refractivity contribution in [2.45, 2.75) is 13.0 Å². The normalized spacial score (nSPS) is 20.1. The summed E-state index contributed by atoms with van der Waals surface area (Å²) in [5, 5.41) is 0. The Kier molecular flexibility index (Phi) is 4.06. The number of methoxy groups -OCH3 is 1. The zero-order chi connectivity index (χ0) is 16.4. The first-order valence-electron chi connectivity index (χ1n) is 7.25. The van der Waals surface area contributed by atoms with E-state index in [-0.39, 0.29) is 18.6 Å². The number of hydrogen-bond acceptors (Lipinski definition) is 5. The van der Waals surface area contributed by atoms with Gasteiger partial charge < -0.3 is 18.8 Å². The topological polar surface area (TPSA) is 69.0 Å². The number of furan rings is 1. The Balaban J connectivity index is 1.86. The van der Waals surface area contributed by atoms with Crippen LogP contribution in [0, 0.1) is 5.92 Å². The first kappa shape index (κ1) is 15.1. The minimum Gasteiger partial charge on any atom is -0.497 e. The van der Waals surface area contributed by atoms with E-state index < -0.39 is 11.9 Å². The van der Waals surface area contributed by atoms with E-state index in [1.807, 2.05) is 18.2 Å². The molecule has 2 heterocycles. The molecule has 3 rings (SSSR count). The standard InChI is InChI=1S/C17H17NO5/c1-11(19)23-10-14-16(15-4-3-9-22-15)18(17(14)20)12-5-7-13(21-2)8-6-12/h3-9,14,16H,10H2,1-2H3/t14-,16-/m0/s1. The number of esters is 1. The third-order valence-electron chi connectivity index (χ3n) is 3.87. The maximum Gasteiger partial charge on any atom is 0.302 e. The molecule has 1 aliphatic rings. The van der Waals surface area contributed by atoms with Gasteiger partial charge >= 0.3 is 5.97 Å². The van der Waals surface area contributed by atoms with Crippen LogP contribution in [-0.2, 0) is 14.3 Å². The van der Waals surface area contributed by atoms with Crippen molar-refractivity contribution in [3.63, 3.8) is 0 Å². The maximum atomic E-state index is 12.5. The number of rotatable bonds is 5. The number of carbonyl (C=O) groups is 2. The zero-order valence-corrected chi connectivity index (χ0v) is 12.9. The smallest absolute Gasteiger partial charge is 0.302 e. The summed E-state index contributed by atoms with van der Waals surface area (Å²) in [5.74, 6) is 0.439. The fraction of sp³-hybridized carbons (Fsp3) is 0.294. The molecule has 0 aliphatic carbocycles. The lowest BCUT2D eigenvalue weighted by Crippen LogP contribution is -2.57. The molecular weight excluding hydrogens is 298 g/mol. The molecule has 1 saturated heterocycles. The van der Waals surface area contributed by atoms with Crippen molar-refractivity contribution >= 4 is 17.6 Å². The molecule has 0 bridgehead atoms. The molecule has 120 valence electrons. The van der Waals surface area contributed by atoms with Gasteiger partial charge in [-0.25, -0.2) is 0 Å². The molecule has 6 heteroatoms. The van der Waals surface area contributed by atoms with Crippen molar-refractivity contribution < 1.29 is 23.5 Å². The van der Waals surface area contributed by atoms with Gasteiger partial charge in [0.2, 0.25) is 5.91 Å². The highest BCUT2D eigenvalue weighted by atomic mass is 16.5. The van der Waals surface area contributed by atoms with Gasteiger partial charge in [-0.2, -0.15) is 0 Å². The summed E-state index contributed by atoms with van der Waals surface area (Å²) in [6, 6.07) is 10.5. The summed E-state index contributed by atoms with van der Waals surface area (Å²) in [5.41, 5.74) is 0.747. The molecule has 1 fully saturated rings. The van der Waals surface area contributed by atoms with Gasteiger partial charge in [-0.3, -0.25) is 9.59 Å². The number of anilines is 1. The van der Waals surface area contributed by atoms with E-state index in [0.717, 1.165) is 5.69 Å². The summed E-state index contributed by atoms with van der Waals surface area (Å²) >= 11 is 0. The molecular formula is C17H17NO5. The van der Waals surface area contributed by atoms with Gasteiger partial charge in [0.25, 0.3) is 0 Å². The highest BCUT2D eigenvalue weighted by Crippen LogP contribution is 2.44. The SMILES string of the molecule is COc1ccc(N2C(=O)[C@@H](COC(C)=O)[C@H]2c2ccco2)cc1. The van der Waals surface area contributed by atoms with Crippen LogP contribution in [0.15, 0.2) is 47.1 Å². The van der Waals surface area contributed by atoms with Crippen LogP contribution >= 0.6 is 0 Å². The van der Waals surface area contributed by atoms with Crippen molar-refractivity contribution in [3.8, 4) is 5.75 Å². The van der Waals surface area contributed by atoms with Gasteiger partial charge in [-0.1, -0.05) is 0 Å². The molecule has 1 aromatic carbocycles. The van der Waals surface area contributed by atoms with Gasteiger partial charge in [-0.15, -0.1) is 0 Å².